The summed E-state index contributed by atoms with van der Waals surface area (Å²) in [5.41, 5.74) is 0.958. The van der Waals surface area contributed by atoms with Gasteiger partial charge in [0.15, 0.2) is 0 Å². The van der Waals surface area contributed by atoms with Gasteiger partial charge in [-0.25, -0.2) is 8.93 Å². The summed E-state index contributed by atoms with van der Waals surface area (Å²) in [5.74, 6) is 0. The molecule has 0 amide bonds. The third-order valence-electron chi connectivity index (χ3n) is 3.35. The summed E-state index contributed by atoms with van der Waals surface area (Å²) in [6, 6.07) is 5.75. The van der Waals surface area contributed by atoms with E-state index in [1.54, 1.807) is 6.07 Å². The molecule has 0 aliphatic carbocycles. The van der Waals surface area contributed by atoms with Crippen LogP contribution in [-0.2, 0) is 11.0 Å². The van der Waals surface area contributed by atoms with Crippen LogP contribution in [0.25, 0.3) is 0 Å². The second-order valence-electron chi connectivity index (χ2n) is 5.97. The van der Waals surface area contributed by atoms with Crippen LogP contribution in [-0.4, -0.2) is 21.5 Å². The standard InChI is InChI=1S/C14H20Cl2N2OS/c1-14(2,3)20(19)18-11-7-8-17-13(11)9-5-4-6-10(15)12(9)16/h4-6,11,13,17-18H,7-8H2,1-3H3/t11-,13-,20-/m1/s1. The molecular weight excluding hydrogens is 315 g/mol. The molecule has 6 heteroatoms. The van der Waals surface area contributed by atoms with Crippen molar-refractivity contribution in [1.29, 1.82) is 0 Å². The number of hydrogen-bond acceptors (Lipinski definition) is 2. The van der Waals surface area contributed by atoms with Crippen LogP contribution >= 0.6 is 23.2 Å². The maximum absolute atomic E-state index is 12.3. The average molecular weight is 335 g/mol. The van der Waals surface area contributed by atoms with Gasteiger partial charge < -0.3 is 5.32 Å². The summed E-state index contributed by atoms with van der Waals surface area (Å²) in [4.78, 5) is 0. The third-order valence-corrected chi connectivity index (χ3v) is 5.82. The Morgan fingerprint density at radius 2 is 2.05 bits per heavy atom. The number of benzene rings is 1. The fourth-order valence-electron chi connectivity index (χ4n) is 2.23. The van der Waals surface area contributed by atoms with Crippen LogP contribution in [0.4, 0.5) is 0 Å². The van der Waals surface area contributed by atoms with Crippen molar-refractivity contribution in [2.24, 2.45) is 0 Å². The Bertz CT molecular complexity index is 516. The topological polar surface area (TPSA) is 41.1 Å². The molecule has 1 aliphatic heterocycles. The molecule has 20 heavy (non-hydrogen) atoms. The van der Waals surface area contributed by atoms with E-state index in [0.29, 0.717) is 10.0 Å². The Morgan fingerprint density at radius 3 is 2.70 bits per heavy atom. The van der Waals surface area contributed by atoms with Crippen LogP contribution in [0.3, 0.4) is 0 Å². The number of nitrogens with one attached hydrogen (secondary N) is 2. The second-order valence-corrected chi connectivity index (χ2v) is 8.75. The minimum Gasteiger partial charge on any atom is -0.308 e. The third kappa shape index (κ3) is 3.55. The SMILES string of the molecule is CC(C)(C)[S@@](=O)N[C@@H]1CCN[C@@H]1c1cccc(Cl)c1Cl. The molecule has 1 aromatic carbocycles. The molecule has 1 aromatic rings. The molecule has 1 saturated heterocycles. The van der Waals surface area contributed by atoms with Gasteiger partial charge in [0.2, 0.25) is 0 Å². The normalized spacial score (nSPS) is 24.9. The summed E-state index contributed by atoms with van der Waals surface area (Å²) in [6.07, 6.45) is 0.912. The Labute approximate surface area is 133 Å². The quantitative estimate of drug-likeness (QED) is 0.888. The summed E-state index contributed by atoms with van der Waals surface area (Å²) in [5, 5.41) is 4.53. The van der Waals surface area contributed by atoms with Gasteiger partial charge in [-0.15, -0.1) is 0 Å². The lowest BCUT2D eigenvalue weighted by Gasteiger charge is -2.26. The summed E-state index contributed by atoms with van der Waals surface area (Å²) >= 11 is 12.4. The largest absolute Gasteiger partial charge is 0.308 e. The van der Waals surface area contributed by atoms with Crippen LogP contribution in [0.15, 0.2) is 18.2 Å². The fraction of sp³-hybridized carbons (Fsp3) is 0.571. The van der Waals surface area contributed by atoms with Gasteiger partial charge in [0.1, 0.15) is 0 Å². The van der Waals surface area contributed by atoms with Crippen molar-refractivity contribution in [1.82, 2.24) is 10.0 Å². The van der Waals surface area contributed by atoms with Gasteiger partial charge in [0, 0.05) is 6.04 Å². The molecule has 1 heterocycles. The van der Waals surface area contributed by atoms with Gasteiger partial charge >= 0.3 is 0 Å². The highest BCUT2D eigenvalue weighted by Gasteiger charge is 2.33. The Hall–Kier alpha value is -0.130. The average Bonchev–Trinajstić information content (AvgIpc) is 2.79. The van der Waals surface area contributed by atoms with E-state index in [1.807, 2.05) is 32.9 Å². The van der Waals surface area contributed by atoms with Crippen molar-refractivity contribution >= 4 is 34.2 Å². The molecule has 112 valence electrons. The molecule has 0 spiro atoms. The van der Waals surface area contributed by atoms with E-state index < -0.39 is 11.0 Å². The van der Waals surface area contributed by atoms with Crippen LogP contribution < -0.4 is 10.0 Å². The van der Waals surface area contributed by atoms with Crippen molar-refractivity contribution in [3.63, 3.8) is 0 Å². The van der Waals surface area contributed by atoms with Gasteiger partial charge in [-0.05, 0) is 45.4 Å². The highest BCUT2D eigenvalue weighted by Crippen LogP contribution is 2.34. The van der Waals surface area contributed by atoms with E-state index in [1.165, 1.54) is 0 Å². The Morgan fingerprint density at radius 1 is 1.35 bits per heavy atom. The first-order valence-electron chi connectivity index (χ1n) is 6.66. The van der Waals surface area contributed by atoms with Gasteiger partial charge in [0.05, 0.1) is 31.8 Å². The molecule has 0 bridgehead atoms. The lowest BCUT2D eigenvalue weighted by Crippen LogP contribution is -2.42. The number of hydrogen-bond donors (Lipinski definition) is 2. The van der Waals surface area contributed by atoms with Gasteiger partial charge in [0.25, 0.3) is 0 Å². The molecule has 0 unspecified atom stereocenters. The van der Waals surface area contributed by atoms with Gasteiger partial charge in [-0.1, -0.05) is 35.3 Å². The van der Waals surface area contributed by atoms with Crippen molar-refractivity contribution in [2.45, 2.75) is 44.0 Å². The Kier molecular flexibility index (Phi) is 5.14. The lowest BCUT2D eigenvalue weighted by molar-refractivity contribution is 0.525. The van der Waals surface area contributed by atoms with Gasteiger partial charge in [-0.3, -0.25) is 0 Å². The monoisotopic (exact) mass is 334 g/mol. The van der Waals surface area contributed by atoms with Crippen LogP contribution in [0, 0.1) is 0 Å². The smallest absolute Gasteiger partial charge is 0.0973 e. The molecule has 0 saturated carbocycles. The van der Waals surface area contributed by atoms with Crippen molar-refractivity contribution < 1.29 is 4.21 Å². The first-order chi connectivity index (χ1) is 9.30. The van der Waals surface area contributed by atoms with Crippen LogP contribution in [0.2, 0.25) is 10.0 Å². The summed E-state index contributed by atoms with van der Waals surface area (Å²) in [7, 11) is -1.10. The van der Waals surface area contributed by atoms with Crippen molar-refractivity contribution in [2.75, 3.05) is 6.54 Å². The first-order valence-corrected chi connectivity index (χ1v) is 8.56. The summed E-state index contributed by atoms with van der Waals surface area (Å²) < 4.78 is 15.2. The summed E-state index contributed by atoms with van der Waals surface area (Å²) in [6.45, 7) is 6.74. The van der Waals surface area contributed by atoms with E-state index in [-0.39, 0.29) is 16.8 Å². The second kappa shape index (κ2) is 6.32. The first kappa shape index (κ1) is 16.2. The molecule has 2 N–H and O–H groups in total. The molecule has 0 aromatic heterocycles. The van der Waals surface area contributed by atoms with E-state index in [9.17, 15) is 4.21 Å². The van der Waals surface area contributed by atoms with Crippen LogP contribution in [0.1, 0.15) is 38.8 Å². The molecule has 2 rings (SSSR count). The predicted molar refractivity (Wildman–Crippen MR) is 86.6 cm³/mol. The van der Waals surface area contributed by atoms with Gasteiger partial charge in [-0.2, -0.15) is 0 Å². The van der Waals surface area contributed by atoms with E-state index in [0.717, 1.165) is 18.5 Å². The minimum atomic E-state index is -1.10. The number of rotatable bonds is 3. The highest BCUT2D eigenvalue weighted by atomic mass is 35.5. The molecule has 1 aliphatic rings. The number of halogens is 2. The molecule has 3 atom stereocenters. The highest BCUT2D eigenvalue weighted by molar-refractivity contribution is 7.84. The predicted octanol–water partition coefficient (Wildman–Crippen LogP) is 3.45. The van der Waals surface area contributed by atoms with E-state index in [4.69, 9.17) is 23.2 Å². The minimum absolute atomic E-state index is 0.0347. The maximum atomic E-state index is 12.3. The van der Waals surface area contributed by atoms with Crippen LogP contribution in [0.5, 0.6) is 0 Å². The maximum Gasteiger partial charge on any atom is 0.0973 e. The lowest BCUT2D eigenvalue weighted by atomic mass is 10.0. The van der Waals surface area contributed by atoms with E-state index in [2.05, 4.69) is 10.0 Å². The Balaban J connectivity index is 2.19. The zero-order valence-corrected chi connectivity index (χ0v) is 14.2. The van der Waals surface area contributed by atoms with E-state index >= 15 is 0 Å². The zero-order valence-electron chi connectivity index (χ0n) is 11.9. The van der Waals surface area contributed by atoms with Crippen molar-refractivity contribution in [3.8, 4) is 0 Å². The molecule has 0 radical (unpaired) electrons. The van der Waals surface area contributed by atoms with Crippen molar-refractivity contribution in [3.05, 3.63) is 33.8 Å². The zero-order chi connectivity index (χ0) is 14.9. The fourth-order valence-corrected chi connectivity index (χ4v) is 3.54. The molecule has 1 fully saturated rings. The molecule has 3 nitrogen and oxygen atoms in total. The molecular formula is C14H20Cl2N2OS.